The van der Waals surface area contributed by atoms with Gasteiger partial charge in [0.2, 0.25) is 6.71 Å². The van der Waals surface area contributed by atoms with E-state index in [9.17, 15) is 0 Å². The lowest BCUT2D eigenvalue weighted by atomic mass is 9.32. The number of hydrogen-bond donors (Lipinski definition) is 0. The van der Waals surface area contributed by atoms with Crippen molar-refractivity contribution in [3.05, 3.63) is 87.5 Å². The molecule has 3 aromatic carbocycles. The Morgan fingerprint density at radius 3 is 1.42 bits per heavy atom. The lowest BCUT2D eigenvalue weighted by Gasteiger charge is -2.32. The Bertz CT molecular complexity index is 1070. The maximum atomic E-state index is 2.51. The van der Waals surface area contributed by atoms with E-state index < -0.39 is 0 Å². The van der Waals surface area contributed by atoms with Crippen LogP contribution >= 0.6 is 0 Å². The van der Waals surface area contributed by atoms with Crippen LogP contribution in [-0.4, -0.2) is 6.71 Å². The molecule has 0 saturated heterocycles. The third kappa shape index (κ3) is 4.00. The third-order valence-corrected chi connectivity index (χ3v) is 7.05. The van der Waals surface area contributed by atoms with Crippen molar-refractivity contribution in [2.75, 3.05) is 0 Å². The molecule has 1 aliphatic rings. The number of fused-ring (bicyclic) bond motifs is 2. The summed E-state index contributed by atoms with van der Waals surface area (Å²) in [5.41, 5.74) is 14.8. The van der Waals surface area contributed by atoms with Crippen molar-refractivity contribution < 1.29 is 0 Å². The molecular formula is C30H37B. The summed E-state index contributed by atoms with van der Waals surface area (Å²) in [4.78, 5) is 0. The van der Waals surface area contributed by atoms with Gasteiger partial charge in [0, 0.05) is 0 Å². The van der Waals surface area contributed by atoms with E-state index in [1.807, 2.05) is 0 Å². The first-order valence-electron chi connectivity index (χ1n) is 11.7. The second kappa shape index (κ2) is 7.40. The molecule has 31 heavy (non-hydrogen) atoms. The Morgan fingerprint density at radius 2 is 1.03 bits per heavy atom. The molecule has 0 saturated carbocycles. The van der Waals surface area contributed by atoms with E-state index in [-0.39, 0.29) is 10.8 Å². The molecule has 3 aromatic rings. The van der Waals surface area contributed by atoms with Crippen molar-refractivity contribution in [3.63, 3.8) is 0 Å². The molecule has 1 heteroatoms. The molecule has 0 atom stereocenters. The van der Waals surface area contributed by atoms with Gasteiger partial charge in [0.1, 0.15) is 0 Å². The third-order valence-electron chi connectivity index (χ3n) is 7.05. The first-order chi connectivity index (χ1) is 14.4. The van der Waals surface area contributed by atoms with E-state index in [0.717, 1.165) is 6.42 Å². The highest BCUT2D eigenvalue weighted by atomic mass is 14.2. The zero-order chi connectivity index (χ0) is 22.7. The highest BCUT2D eigenvalue weighted by molar-refractivity contribution is 6.97. The van der Waals surface area contributed by atoms with Crippen LogP contribution in [0.3, 0.4) is 0 Å². The molecule has 0 fully saturated rings. The fourth-order valence-electron chi connectivity index (χ4n) is 5.31. The van der Waals surface area contributed by atoms with Crippen LogP contribution in [0.5, 0.6) is 0 Å². The van der Waals surface area contributed by atoms with Gasteiger partial charge in [0.05, 0.1) is 0 Å². The lowest BCUT2D eigenvalue weighted by molar-refractivity contribution is 0.590. The number of rotatable bonds is 1. The maximum Gasteiger partial charge on any atom is 0.242 e. The Kier molecular flexibility index (Phi) is 5.24. The van der Waals surface area contributed by atoms with Crippen molar-refractivity contribution in [2.45, 2.75) is 79.6 Å². The van der Waals surface area contributed by atoms with E-state index in [0.29, 0.717) is 6.71 Å². The summed E-state index contributed by atoms with van der Waals surface area (Å²) in [6, 6.07) is 19.2. The molecule has 0 radical (unpaired) electrons. The highest BCUT2D eigenvalue weighted by Crippen LogP contribution is 2.27. The molecule has 0 nitrogen and oxygen atoms in total. The Hall–Kier alpha value is -2.28. The number of aryl methyl sites for hydroxylation is 3. The molecule has 0 amide bonds. The largest absolute Gasteiger partial charge is 0.242 e. The zero-order valence-corrected chi connectivity index (χ0v) is 20.9. The van der Waals surface area contributed by atoms with E-state index in [1.54, 1.807) is 0 Å². The Balaban J connectivity index is 2.04. The fraction of sp³-hybridized carbons (Fsp3) is 0.400. The molecule has 1 aliphatic heterocycles. The minimum atomic E-state index is 0.143. The van der Waals surface area contributed by atoms with Gasteiger partial charge in [0.15, 0.2) is 0 Å². The average Bonchev–Trinajstić information content (AvgIpc) is 2.64. The SMILES string of the molecule is Cc1cc(C)c(B2c3cc(C(C)(C)C)ccc3Cc3ccc(C(C)(C)C)cc32)c(C)c1. The zero-order valence-electron chi connectivity index (χ0n) is 20.9. The quantitative estimate of drug-likeness (QED) is 0.358. The lowest BCUT2D eigenvalue weighted by Crippen LogP contribution is -2.58. The second-order valence-electron chi connectivity index (χ2n) is 11.7. The molecule has 1 heterocycles. The summed E-state index contributed by atoms with van der Waals surface area (Å²) < 4.78 is 0. The van der Waals surface area contributed by atoms with Crippen molar-refractivity contribution in [2.24, 2.45) is 0 Å². The Morgan fingerprint density at radius 1 is 0.613 bits per heavy atom. The molecule has 0 spiro atoms. The van der Waals surface area contributed by atoms with Crippen LogP contribution in [-0.2, 0) is 17.3 Å². The topological polar surface area (TPSA) is 0 Å². The first-order valence-corrected chi connectivity index (χ1v) is 11.7. The predicted octanol–water partition coefficient (Wildman–Crippen LogP) is 5.63. The second-order valence-corrected chi connectivity index (χ2v) is 11.7. The van der Waals surface area contributed by atoms with Gasteiger partial charge in [-0.1, -0.05) is 123 Å². The molecule has 0 bridgehead atoms. The first kappa shape index (κ1) is 21.9. The summed E-state index contributed by atoms with van der Waals surface area (Å²) >= 11 is 0. The predicted molar refractivity (Wildman–Crippen MR) is 138 cm³/mol. The van der Waals surface area contributed by atoms with Crippen LogP contribution in [0, 0.1) is 20.8 Å². The normalized spacial score (nSPS) is 13.8. The van der Waals surface area contributed by atoms with Gasteiger partial charge in [-0.2, -0.15) is 0 Å². The molecule has 0 aromatic heterocycles. The maximum absolute atomic E-state index is 2.51. The van der Waals surface area contributed by atoms with Crippen LogP contribution in [0.4, 0.5) is 0 Å². The van der Waals surface area contributed by atoms with Gasteiger partial charge in [-0.15, -0.1) is 0 Å². The summed E-state index contributed by atoms with van der Waals surface area (Å²) in [6.45, 7) is 21.0. The van der Waals surface area contributed by atoms with Gasteiger partial charge in [-0.25, -0.2) is 0 Å². The number of benzene rings is 3. The smallest absolute Gasteiger partial charge is 0.0649 e. The molecule has 0 N–H and O–H groups in total. The summed E-state index contributed by atoms with van der Waals surface area (Å²) in [7, 11) is 0. The van der Waals surface area contributed by atoms with E-state index in [2.05, 4.69) is 111 Å². The van der Waals surface area contributed by atoms with E-state index in [1.165, 1.54) is 55.3 Å². The fourth-order valence-corrected chi connectivity index (χ4v) is 5.31. The van der Waals surface area contributed by atoms with Crippen LogP contribution in [0.2, 0.25) is 0 Å². The van der Waals surface area contributed by atoms with Gasteiger partial charge < -0.3 is 0 Å². The number of hydrogen-bond acceptors (Lipinski definition) is 0. The molecule has 4 rings (SSSR count). The summed E-state index contributed by atoms with van der Waals surface area (Å²) in [5, 5.41) is 0. The summed E-state index contributed by atoms with van der Waals surface area (Å²) in [6.07, 6.45) is 1.03. The van der Waals surface area contributed by atoms with Crippen molar-refractivity contribution >= 4 is 23.1 Å². The van der Waals surface area contributed by atoms with Crippen molar-refractivity contribution in [3.8, 4) is 0 Å². The van der Waals surface area contributed by atoms with Crippen molar-refractivity contribution in [1.82, 2.24) is 0 Å². The molecule has 0 unspecified atom stereocenters. The Labute approximate surface area is 190 Å². The standard InChI is InChI=1S/C30H37B/c1-19-14-20(2)28(21(3)15-19)31-26-17-24(29(4,5)6)12-10-22(26)16-23-11-13-25(18-27(23)31)30(7,8)9/h10-15,17-18H,16H2,1-9H3. The average molecular weight is 408 g/mol. The van der Waals surface area contributed by atoms with Crippen LogP contribution < -0.4 is 16.4 Å². The van der Waals surface area contributed by atoms with Gasteiger partial charge >= 0.3 is 0 Å². The van der Waals surface area contributed by atoms with Gasteiger partial charge in [-0.3, -0.25) is 0 Å². The van der Waals surface area contributed by atoms with Crippen molar-refractivity contribution in [1.29, 1.82) is 0 Å². The highest BCUT2D eigenvalue weighted by Gasteiger charge is 2.34. The van der Waals surface area contributed by atoms with E-state index >= 15 is 0 Å². The monoisotopic (exact) mass is 408 g/mol. The van der Waals surface area contributed by atoms with E-state index in [4.69, 9.17) is 0 Å². The van der Waals surface area contributed by atoms with Gasteiger partial charge in [-0.05, 0) is 60.3 Å². The van der Waals surface area contributed by atoms with Crippen LogP contribution in [0.25, 0.3) is 0 Å². The molecule has 0 aliphatic carbocycles. The minimum absolute atomic E-state index is 0.143. The van der Waals surface area contributed by atoms with Gasteiger partial charge in [0.25, 0.3) is 0 Å². The minimum Gasteiger partial charge on any atom is -0.0649 e. The van der Waals surface area contributed by atoms with Crippen LogP contribution in [0.1, 0.15) is 80.5 Å². The van der Waals surface area contributed by atoms with Crippen LogP contribution in [0.15, 0.2) is 48.5 Å². The molecular weight excluding hydrogens is 371 g/mol. The summed E-state index contributed by atoms with van der Waals surface area (Å²) in [5.74, 6) is 0. The molecule has 160 valence electrons.